The Bertz CT molecular complexity index is 397. The van der Waals surface area contributed by atoms with Gasteiger partial charge in [-0.05, 0) is 31.8 Å². The molecule has 0 atom stereocenters. The molecule has 0 bridgehead atoms. The van der Waals surface area contributed by atoms with Gasteiger partial charge >= 0.3 is 5.97 Å². The molecule has 0 aliphatic heterocycles. The first-order valence-corrected chi connectivity index (χ1v) is 4.01. The number of hydrogen-bond acceptors (Lipinski definition) is 3. The van der Waals surface area contributed by atoms with Crippen LogP contribution in [0.4, 0.5) is 11.4 Å². The fraction of sp³-hybridized carbons (Fsp3) is 0.100. The second kappa shape index (κ2) is 4.32. The van der Waals surface area contributed by atoms with E-state index in [0.717, 1.165) is 0 Å². The van der Waals surface area contributed by atoms with E-state index in [1.807, 2.05) is 0 Å². The lowest BCUT2D eigenvalue weighted by atomic mass is 10.2. The monoisotopic (exact) mass is 190 g/mol. The van der Waals surface area contributed by atoms with Crippen LogP contribution in [-0.2, 0) is 0 Å². The van der Waals surface area contributed by atoms with Crippen LogP contribution in [0.2, 0.25) is 0 Å². The zero-order valence-corrected chi connectivity index (χ0v) is 7.77. The largest absolute Gasteiger partial charge is 0.478 e. The lowest BCUT2D eigenvalue weighted by Crippen LogP contribution is -1.94. The number of rotatable bonds is 3. The molecular weight excluding hydrogens is 180 g/mol. The fourth-order valence-electron chi connectivity index (χ4n) is 1.03. The normalized spacial score (nSPS) is 10.4. The van der Waals surface area contributed by atoms with Gasteiger partial charge < -0.3 is 5.11 Å². The van der Waals surface area contributed by atoms with Crippen molar-refractivity contribution < 1.29 is 9.90 Å². The van der Waals surface area contributed by atoms with E-state index < -0.39 is 5.97 Å². The van der Waals surface area contributed by atoms with Gasteiger partial charge in [-0.1, -0.05) is 0 Å². The Labute approximate surface area is 81.6 Å². The lowest BCUT2D eigenvalue weighted by molar-refractivity contribution is 0.0697. The number of hydrogen-bond donors (Lipinski definition) is 1. The molecule has 0 amide bonds. The van der Waals surface area contributed by atoms with E-state index in [2.05, 4.69) is 16.7 Å². The third-order valence-electron chi connectivity index (χ3n) is 1.66. The highest BCUT2D eigenvalue weighted by Crippen LogP contribution is 2.28. The summed E-state index contributed by atoms with van der Waals surface area (Å²) in [5, 5.41) is 8.73. The molecule has 0 aliphatic carbocycles. The van der Waals surface area contributed by atoms with E-state index >= 15 is 0 Å². The first kappa shape index (κ1) is 10.1. The quantitative estimate of drug-likeness (QED) is 0.744. The van der Waals surface area contributed by atoms with Crippen LogP contribution in [0, 0.1) is 0 Å². The summed E-state index contributed by atoms with van der Waals surface area (Å²) in [7, 11) is 0. The van der Waals surface area contributed by atoms with Gasteiger partial charge in [0, 0.05) is 6.21 Å². The predicted octanol–water partition coefficient (Wildman–Crippen LogP) is 2.44. The summed E-state index contributed by atoms with van der Waals surface area (Å²) in [5.74, 6) is -0.984. The maximum absolute atomic E-state index is 10.6. The standard InChI is InChI=1S/C10H10N2O2/c1-3-12-8-5-4-7(10(13)14)6-9(8)11-2/h3-6H,2H2,1H3,(H,13,14)/b12-3-. The Hall–Kier alpha value is -1.97. The third-order valence-corrected chi connectivity index (χ3v) is 1.66. The van der Waals surface area contributed by atoms with E-state index in [1.54, 1.807) is 19.2 Å². The fourth-order valence-corrected chi connectivity index (χ4v) is 1.03. The van der Waals surface area contributed by atoms with Crippen molar-refractivity contribution in [1.29, 1.82) is 0 Å². The molecule has 0 heterocycles. The second-order valence-corrected chi connectivity index (χ2v) is 2.55. The Balaban J connectivity index is 3.24. The molecule has 0 unspecified atom stereocenters. The van der Waals surface area contributed by atoms with Crippen LogP contribution in [-0.4, -0.2) is 24.0 Å². The van der Waals surface area contributed by atoms with Crippen molar-refractivity contribution in [3.63, 3.8) is 0 Å². The smallest absolute Gasteiger partial charge is 0.335 e. The topological polar surface area (TPSA) is 62.0 Å². The Morgan fingerprint density at radius 1 is 1.50 bits per heavy atom. The van der Waals surface area contributed by atoms with Crippen LogP contribution in [0.3, 0.4) is 0 Å². The first-order chi connectivity index (χ1) is 6.69. The minimum absolute atomic E-state index is 0.183. The summed E-state index contributed by atoms with van der Waals surface area (Å²) in [6, 6.07) is 4.53. The number of carboxylic acid groups (broad SMARTS) is 1. The number of benzene rings is 1. The zero-order chi connectivity index (χ0) is 10.6. The van der Waals surface area contributed by atoms with Gasteiger partial charge in [0.05, 0.1) is 16.9 Å². The van der Waals surface area contributed by atoms with Gasteiger partial charge in [0.1, 0.15) is 0 Å². The molecule has 0 saturated carbocycles. The Kier molecular flexibility index (Phi) is 3.12. The van der Waals surface area contributed by atoms with Crippen LogP contribution >= 0.6 is 0 Å². The molecule has 14 heavy (non-hydrogen) atoms. The van der Waals surface area contributed by atoms with Gasteiger partial charge in [-0.3, -0.25) is 9.98 Å². The van der Waals surface area contributed by atoms with Gasteiger partial charge in [0.25, 0.3) is 0 Å². The van der Waals surface area contributed by atoms with E-state index in [0.29, 0.717) is 11.4 Å². The molecule has 0 aliphatic rings. The van der Waals surface area contributed by atoms with Crippen LogP contribution in [0.25, 0.3) is 0 Å². The molecule has 0 radical (unpaired) electrons. The maximum Gasteiger partial charge on any atom is 0.335 e. The molecule has 1 aromatic carbocycles. The molecule has 1 aromatic rings. The van der Waals surface area contributed by atoms with Crippen molar-refractivity contribution in [2.75, 3.05) is 0 Å². The summed E-state index contributed by atoms with van der Waals surface area (Å²) in [6.07, 6.45) is 1.62. The van der Waals surface area contributed by atoms with Crippen LogP contribution in [0.1, 0.15) is 17.3 Å². The van der Waals surface area contributed by atoms with E-state index in [9.17, 15) is 4.79 Å². The van der Waals surface area contributed by atoms with Crippen LogP contribution < -0.4 is 0 Å². The summed E-state index contributed by atoms with van der Waals surface area (Å²) < 4.78 is 0. The number of carbonyl (C=O) groups is 1. The molecule has 1 rings (SSSR count). The average molecular weight is 190 g/mol. The summed E-state index contributed by atoms with van der Waals surface area (Å²) >= 11 is 0. The highest BCUT2D eigenvalue weighted by atomic mass is 16.4. The highest BCUT2D eigenvalue weighted by Gasteiger charge is 2.05. The molecule has 4 heteroatoms. The van der Waals surface area contributed by atoms with Crippen molar-refractivity contribution in [3.05, 3.63) is 23.8 Å². The number of carboxylic acids is 1. The van der Waals surface area contributed by atoms with Crippen molar-refractivity contribution in [1.82, 2.24) is 0 Å². The third kappa shape index (κ3) is 2.04. The van der Waals surface area contributed by atoms with Crippen LogP contribution in [0.5, 0.6) is 0 Å². The SMILES string of the molecule is C=Nc1cc(C(=O)O)ccc1/N=C\C. The van der Waals surface area contributed by atoms with Crippen molar-refractivity contribution in [3.8, 4) is 0 Å². The van der Waals surface area contributed by atoms with E-state index in [1.165, 1.54) is 12.1 Å². The molecule has 1 N–H and O–H groups in total. The summed E-state index contributed by atoms with van der Waals surface area (Å²) in [5.41, 5.74) is 1.28. The van der Waals surface area contributed by atoms with Crippen molar-refractivity contribution >= 4 is 30.3 Å². The average Bonchev–Trinajstić information content (AvgIpc) is 2.18. The second-order valence-electron chi connectivity index (χ2n) is 2.55. The molecular formula is C10H10N2O2. The van der Waals surface area contributed by atoms with Gasteiger partial charge in [0.2, 0.25) is 0 Å². The summed E-state index contributed by atoms with van der Waals surface area (Å²) in [4.78, 5) is 18.4. The Morgan fingerprint density at radius 2 is 2.21 bits per heavy atom. The lowest BCUT2D eigenvalue weighted by Gasteiger charge is -2.00. The number of aromatic carboxylic acids is 1. The molecule has 0 aromatic heterocycles. The van der Waals surface area contributed by atoms with Gasteiger partial charge in [-0.2, -0.15) is 0 Å². The van der Waals surface area contributed by atoms with E-state index in [-0.39, 0.29) is 5.56 Å². The van der Waals surface area contributed by atoms with Crippen molar-refractivity contribution in [2.45, 2.75) is 6.92 Å². The molecule has 4 nitrogen and oxygen atoms in total. The van der Waals surface area contributed by atoms with Crippen molar-refractivity contribution in [2.24, 2.45) is 9.98 Å². The van der Waals surface area contributed by atoms with Gasteiger partial charge in [-0.15, -0.1) is 0 Å². The van der Waals surface area contributed by atoms with Gasteiger partial charge in [0.15, 0.2) is 0 Å². The highest BCUT2D eigenvalue weighted by molar-refractivity contribution is 5.90. The molecule has 0 fully saturated rings. The Morgan fingerprint density at radius 3 is 2.71 bits per heavy atom. The van der Waals surface area contributed by atoms with E-state index in [4.69, 9.17) is 5.11 Å². The summed E-state index contributed by atoms with van der Waals surface area (Å²) in [6.45, 7) is 5.13. The van der Waals surface area contributed by atoms with Crippen LogP contribution in [0.15, 0.2) is 28.2 Å². The molecule has 72 valence electrons. The first-order valence-electron chi connectivity index (χ1n) is 4.01. The number of aliphatic imine (C=N–C) groups is 2. The minimum atomic E-state index is -0.984. The predicted molar refractivity (Wildman–Crippen MR) is 56.4 cm³/mol. The molecule has 0 spiro atoms. The maximum atomic E-state index is 10.6. The molecule has 0 saturated heterocycles. The zero-order valence-electron chi connectivity index (χ0n) is 7.77. The number of nitrogens with zero attached hydrogens (tertiary/aromatic N) is 2. The minimum Gasteiger partial charge on any atom is -0.478 e. The van der Waals surface area contributed by atoms with Gasteiger partial charge in [-0.25, -0.2) is 4.79 Å².